The third kappa shape index (κ3) is 4.59. The minimum atomic E-state index is -0.207. The smallest absolute Gasteiger partial charge is 0.0527 e. The van der Waals surface area contributed by atoms with Gasteiger partial charge in [-0.05, 0) is 50.8 Å². The molecule has 0 amide bonds. The minimum absolute atomic E-state index is 0.207. The van der Waals surface area contributed by atoms with E-state index < -0.39 is 0 Å². The molecule has 1 aliphatic rings. The van der Waals surface area contributed by atoms with Crippen molar-refractivity contribution >= 4 is 0 Å². The summed E-state index contributed by atoms with van der Waals surface area (Å²) in [6.07, 6.45) is 9.65. The van der Waals surface area contributed by atoms with E-state index in [1.807, 2.05) is 19.3 Å². The summed E-state index contributed by atoms with van der Waals surface area (Å²) >= 11 is 0. The summed E-state index contributed by atoms with van der Waals surface area (Å²) in [5, 5.41) is 9.69. The molecule has 0 bridgehead atoms. The molecule has 0 radical (unpaired) electrons. The average Bonchev–Trinajstić information content (AvgIpc) is 2.55. The van der Waals surface area contributed by atoms with Crippen LogP contribution in [0.25, 0.3) is 0 Å². The van der Waals surface area contributed by atoms with Crippen molar-refractivity contribution < 1.29 is 5.11 Å². The van der Waals surface area contributed by atoms with E-state index in [0.717, 1.165) is 19.5 Å². The molecule has 1 saturated heterocycles. The normalized spacial score (nSPS) is 23.0. The Kier molecular flexibility index (Phi) is 5.34. The Balaban J connectivity index is 2.05. The van der Waals surface area contributed by atoms with Gasteiger partial charge in [0.25, 0.3) is 0 Å². The SMILES string of the molecule is Cc1cncc(CN2CCCCCC2CC(C)O)c1. The highest BCUT2D eigenvalue weighted by Gasteiger charge is 2.22. The molecule has 2 rings (SSSR count). The van der Waals surface area contributed by atoms with Gasteiger partial charge in [-0.25, -0.2) is 0 Å². The van der Waals surface area contributed by atoms with Crippen LogP contribution in [0.2, 0.25) is 0 Å². The van der Waals surface area contributed by atoms with E-state index in [2.05, 4.69) is 22.9 Å². The van der Waals surface area contributed by atoms with Gasteiger partial charge in [0, 0.05) is 25.0 Å². The Morgan fingerprint density at radius 2 is 2.21 bits per heavy atom. The first-order chi connectivity index (χ1) is 9.15. The van der Waals surface area contributed by atoms with Crippen LogP contribution in [-0.4, -0.2) is 33.7 Å². The van der Waals surface area contributed by atoms with E-state index in [9.17, 15) is 5.11 Å². The van der Waals surface area contributed by atoms with E-state index >= 15 is 0 Å². The second-order valence-corrected chi connectivity index (χ2v) is 5.93. The zero-order valence-electron chi connectivity index (χ0n) is 12.2. The molecule has 0 spiro atoms. The van der Waals surface area contributed by atoms with Gasteiger partial charge in [0.05, 0.1) is 6.10 Å². The lowest BCUT2D eigenvalue weighted by atomic mass is 10.0. The minimum Gasteiger partial charge on any atom is -0.393 e. The number of aliphatic hydroxyl groups excluding tert-OH is 1. The Bertz CT molecular complexity index is 392. The topological polar surface area (TPSA) is 36.4 Å². The van der Waals surface area contributed by atoms with Gasteiger partial charge >= 0.3 is 0 Å². The Labute approximate surface area is 116 Å². The Morgan fingerprint density at radius 1 is 1.37 bits per heavy atom. The van der Waals surface area contributed by atoms with E-state index in [1.165, 1.54) is 36.8 Å². The Morgan fingerprint density at radius 3 is 2.95 bits per heavy atom. The molecule has 0 saturated carbocycles. The molecule has 1 fully saturated rings. The molecule has 0 aliphatic carbocycles. The maximum Gasteiger partial charge on any atom is 0.0527 e. The summed E-state index contributed by atoms with van der Waals surface area (Å²) in [4.78, 5) is 6.82. The first-order valence-electron chi connectivity index (χ1n) is 7.48. The van der Waals surface area contributed by atoms with Crippen molar-refractivity contribution in [3.05, 3.63) is 29.6 Å². The lowest BCUT2D eigenvalue weighted by molar-refractivity contribution is 0.108. The average molecular weight is 262 g/mol. The fraction of sp³-hybridized carbons (Fsp3) is 0.688. The lowest BCUT2D eigenvalue weighted by Crippen LogP contribution is -2.36. The van der Waals surface area contributed by atoms with Gasteiger partial charge in [0.1, 0.15) is 0 Å². The fourth-order valence-electron chi connectivity index (χ4n) is 3.04. The molecule has 2 heterocycles. The predicted octanol–water partition coefficient (Wildman–Crippen LogP) is 2.91. The van der Waals surface area contributed by atoms with Gasteiger partial charge in [0.15, 0.2) is 0 Å². The molecule has 19 heavy (non-hydrogen) atoms. The second-order valence-electron chi connectivity index (χ2n) is 5.93. The number of aryl methyl sites for hydroxylation is 1. The first-order valence-corrected chi connectivity index (χ1v) is 7.48. The molecule has 3 heteroatoms. The van der Waals surface area contributed by atoms with E-state index in [1.54, 1.807) is 0 Å². The first kappa shape index (κ1) is 14.5. The quantitative estimate of drug-likeness (QED) is 0.906. The number of aromatic nitrogens is 1. The molecular weight excluding hydrogens is 236 g/mol. The maximum atomic E-state index is 9.69. The summed E-state index contributed by atoms with van der Waals surface area (Å²) in [6.45, 7) is 6.10. The third-order valence-electron chi connectivity index (χ3n) is 3.93. The summed E-state index contributed by atoms with van der Waals surface area (Å²) in [5.41, 5.74) is 2.51. The molecule has 1 N–H and O–H groups in total. The van der Waals surface area contributed by atoms with E-state index in [0.29, 0.717) is 6.04 Å². The number of hydrogen-bond acceptors (Lipinski definition) is 3. The number of pyridine rings is 1. The predicted molar refractivity (Wildman–Crippen MR) is 77.9 cm³/mol. The van der Waals surface area contributed by atoms with Crippen LogP contribution in [0.4, 0.5) is 0 Å². The second kappa shape index (κ2) is 7.01. The fourth-order valence-corrected chi connectivity index (χ4v) is 3.04. The van der Waals surface area contributed by atoms with Crippen LogP contribution < -0.4 is 0 Å². The molecule has 1 aromatic heterocycles. The zero-order chi connectivity index (χ0) is 13.7. The van der Waals surface area contributed by atoms with Crippen LogP contribution in [0.3, 0.4) is 0 Å². The zero-order valence-corrected chi connectivity index (χ0v) is 12.2. The van der Waals surface area contributed by atoms with Crippen LogP contribution in [-0.2, 0) is 6.54 Å². The number of aliphatic hydroxyl groups is 1. The molecule has 106 valence electrons. The lowest BCUT2D eigenvalue weighted by Gasteiger charge is -2.30. The molecular formula is C16H26N2O. The highest BCUT2D eigenvalue weighted by molar-refractivity contribution is 5.16. The molecule has 1 aliphatic heterocycles. The monoisotopic (exact) mass is 262 g/mol. The van der Waals surface area contributed by atoms with Crippen LogP contribution in [0, 0.1) is 6.92 Å². The molecule has 3 nitrogen and oxygen atoms in total. The van der Waals surface area contributed by atoms with Gasteiger partial charge in [0.2, 0.25) is 0 Å². The van der Waals surface area contributed by atoms with Crippen LogP contribution in [0.15, 0.2) is 18.5 Å². The summed E-state index contributed by atoms with van der Waals surface area (Å²) < 4.78 is 0. The third-order valence-corrected chi connectivity index (χ3v) is 3.93. The van der Waals surface area contributed by atoms with Crippen molar-refractivity contribution in [1.29, 1.82) is 0 Å². The van der Waals surface area contributed by atoms with Crippen molar-refractivity contribution in [2.45, 2.75) is 64.6 Å². The largest absolute Gasteiger partial charge is 0.393 e. The van der Waals surface area contributed by atoms with Gasteiger partial charge < -0.3 is 5.11 Å². The number of likely N-dealkylation sites (tertiary alicyclic amines) is 1. The molecule has 0 aromatic carbocycles. The van der Waals surface area contributed by atoms with Crippen molar-refractivity contribution in [3.63, 3.8) is 0 Å². The van der Waals surface area contributed by atoms with Gasteiger partial charge in [-0.1, -0.05) is 18.9 Å². The number of nitrogens with zero attached hydrogens (tertiary/aromatic N) is 2. The van der Waals surface area contributed by atoms with Gasteiger partial charge in [-0.15, -0.1) is 0 Å². The summed E-state index contributed by atoms with van der Waals surface area (Å²) in [5.74, 6) is 0. The molecule has 2 unspecified atom stereocenters. The number of rotatable bonds is 4. The highest BCUT2D eigenvalue weighted by atomic mass is 16.3. The molecule has 2 atom stereocenters. The van der Waals surface area contributed by atoms with E-state index in [4.69, 9.17) is 0 Å². The van der Waals surface area contributed by atoms with Crippen molar-refractivity contribution in [2.75, 3.05) is 6.54 Å². The van der Waals surface area contributed by atoms with Crippen LogP contribution in [0.5, 0.6) is 0 Å². The van der Waals surface area contributed by atoms with Crippen LogP contribution >= 0.6 is 0 Å². The van der Waals surface area contributed by atoms with Crippen molar-refractivity contribution in [1.82, 2.24) is 9.88 Å². The van der Waals surface area contributed by atoms with Gasteiger partial charge in [-0.2, -0.15) is 0 Å². The molecule has 1 aromatic rings. The van der Waals surface area contributed by atoms with E-state index in [-0.39, 0.29) is 6.10 Å². The summed E-state index contributed by atoms with van der Waals surface area (Å²) in [6, 6.07) is 2.74. The summed E-state index contributed by atoms with van der Waals surface area (Å²) in [7, 11) is 0. The number of hydrogen-bond donors (Lipinski definition) is 1. The maximum absolute atomic E-state index is 9.69. The van der Waals surface area contributed by atoms with Crippen molar-refractivity contribution in [3.8, 4) is 0 Å². The van der Waals surface area contributed by atoms with Crippen molar-refractivity contribution in [2.24, 2.45) is 0 Å². The van der Waals surface area contributed by atoms with Gasteiger partial charge in [-0.3, -0.25) is 9.88 Å². The standard InChI is InChI=1S/C16H26N2O/c1-13-8-15(11-17-10-13)12-18-7-5-3-4-6-16(18)9-14(2)19/h8,10-11,14,16,19H,3-7,9,12H2,1-2H3. The van der Waals surface area contributed by atoms with Crippen LogP contribution in [0.1, 0.15) is 50.2 Å². The Hall–Kier alpha value is -0.930. The highest BCUT2D eigenvalue weighted by Crippen LogP contribution is 2.22.